The second-order valence-corrected chi connectivity index (χ2v) is 4.89. The average Bonchev–Trinajstić information content (AvgIpc) is 2.80. The molecule has 0 aliphatic heterocycles. The van der Waals surface area contributed by atoms with Gasteiger partial charge in [0.2, 0.25) is 0 Å². The van der Waals surface area contributed by atoms with Gasteiger partial charge in [-0.2, -0.15) is 5.10 Å². The van der Waals surface area contributed by atoms with Crippen LogP contribution >= 0.6 is 0 Å². The number of nitrogens with zero attached hydrogens (tertiary/aromatic N) is 4. The second kappa shape index (κ2) is 4.16. The molecule has 17 heavy (non-hydrogen) atoms. The van der Waals surface area contributed by atoms with Crippen LogP contribution in [0, 0.1) is 0 Å². The second-order valence-electron chi connectivity index (χ2n) is 4.89. The van der Waals surface area contributed by atoms with Crippen LogP contribution in [-0.2, 0) is 5.41 Å². The van der Waals surface area contributed by atoms with Gasteiger partial charge in [-0.25, -0.2) is 14.6 Å². The standard InChI is InChI=1S/C12H17N5/c1-12(2,3)11-15-9(13-4)8-10(16-11)17-7-5-6-14-17/h5-8H,1-4H3,(H,13,15,16). The van der Waals surface area contributed by atoms with Crippen molar-refractivity contribution >= 4 is 5.82 Å². The molecule has 0 saturated heterocycles. The number of nitrogens with one attached hydrogen (secondary N) is 1. The first kappa shape index (κ1) is 11.6. The van der Waals surface area contributed by atoms with Crippen molar-refractivity contribution < 1.29 is 0 Å². The molecule has 5 nitrogen and oxygen atoms in total. The third kappa shape index (κ3) is 2.43. The Labute approximate surface area is 101 Å². The molecule has 0 fully saturated rings. The summed E-state index contributed by atoms with van der Waals surface area (Å²) in [5.74, 6) is 2.38. The fourth-order valence-electron chi connectivity index (χ4n) is 1.42. The minimum Gasteiger partial charge on any atom is -0.373 e. The average molecular weight is 231 g/mol. The van der Waals surface area contributed by atoms with Crippen molar-refractivity contribution in [1.82, 2.24) is 19.7 Å². The molecule has 0 atom stereocenters. The number of rotatable bonds is 2. The van der Waals surface area contributed by atoms with E-state index in [9.17, 15) is 0 Å². The molecule has 0 unspecified atom stereocenters. The molecule has 1 N–H and O–H groups in total. The minimum absolute atomic E-state index is 0.0885. The van der Waals surface area contributed by atoms with Gasteiger partial charge in [0, 0.05) is 30.9 Å². The molecular formula is C12H17N5. The number of aromatic nitrogens is 4. The zero-order valence-electron chi connectivity index (χ0n) is 10.6. The van der Waals surface area contributed by atoms with Crippen LogP contribution < -0.4 is 5.32 Å². The van der Waals surface area contributed by atoms with Crippen molar-refractivity contribution in [2.24, 2.45) is 0 Å². The fraction of sp³-hybridized carbons (Fsp3) is 0.417. The molecule has 0 aromatic carbocycles. The van der Waals surface area contributed by atoms with E-state index in [-0.39, 0.29) is 5.41 Å². The monoisotopic (exact) mass is 231 g/mol. The van der Waals surface area contributed by atoms with E-state index in [4.69, 9.17) is 0 Å². The van der Waals surface area contributed by atoms with Gasteiger partial charge in [0.05, 0.1) is 0 Å². The van der Waals surface area contributed by atoms with Crippen LogP contribution in [0.4, 0.5) is 5.82 Å². The summed E-state index contributed by atoms with van der Waals surface area (Å²) in [6.45, 7) is 6.28. The van der Waals surface area contributed by atoms with Crippen LogP contribution in [0.3, 0.4) is 0 Å². The van der Waals surface area contributed by atoms with E-state index in [1.165, 1.54) is 0 Å². The zero-order chi connectivity index (χ0) is 12.5. The van der Waals surface area contributed by atoms with Gasteiger partial charge in [-0.3, -0.25) is 0 Å². The highest BCUT2D eigenvalue weighted by atomic mass is 15.3. The van der Waals surface area contributed by atoms with Gasteiger partial charge in [-0.05, 0) is 6.07 Å². The van der Waals surface area contributed by atoms with Gasteiger partial charge >= 0.3 is 0 Å². The van der Waals surface area contributed by atoms with Crippen LogP contribution in [0.15, 0.2) is 24.5 Å². The predicted molar refractivity (Wildman–Crippen MR) is 67.4 cm³/mol. The summed E-state index contributed by atoms with van der Waals surface area (Å²) in [6.07, 6.45) is 3.60. The van der Waals surface area contributed by atoms with Gasteiger partial charge < -0.3 is 5.32 Å². The molecule has 5 heteroatoms. The van der Waals surface area contributed by atoms with Crippen molar-refractivity contribution in [2.45, 2.75) is 26.2 Å². The van der Waals surface area contributed by atoms with Crippen molar-refractivity contribution in [3.05, 3.63) is 30.4 Å². The van der Waals surface area contributed by atoms with Crippen LogP contribution in [0.1, 0.15) is 26.6 Å². The van der Waals surface area contributed by atoms with Crippen LogP contribution in [0.25, 0.3) is 5.82 Å². The smallest absolute Gasteiger partial charge is 0.159 e. The number of anilines is 1. The van der Waals surface area contributed by atoms with Crippen LogP contribution in [-0.4, -0.2) is 26.8 Å². The molecule has 90 valence electrons. The summed E-state index contributed by atoms with van der Waals surface area (Å²) in [6, 6.07) is 3.75. The maximum Gasteiger partial charge on any atom is 0.159 e. The first-order chi connectivity index (χ1) is 8.00. The Bertz CT molecular complexity index is 496. The quantitative estimate of drug-likeness (QED) is 0.859. The summed E-state index contributed by atoms with van der Waals surface area (Å²) in [4.78, 5) is 9.01. The van der Waals surface area contributed by atoms with E-state index in [0.717, 1.165) is 17.5 Å². The lowest BCUT2D eigenvalue weighted by Crippen LogP contribution is -2.18. The van der Waals surface area contributed by atoms with E-state index in [1.54, 1.807) is 10.9 Å². The van der Waals surface area contributed by atoms with E-state index in [2.05, 4.69) is 41.2 Å². The summed E-state index contributed by atoms with van der Waals surface area (Å²) in [5.41, 5.74) is -0.0885. The molecule has 2 rings (SSSR count). The summed E-state index contributed by atoms with van der Waals surface area (Å²) in [7, 11) is 1.85. The normalized spacial score (nSPS) is 11.5. The molecule has 2 aromatic heterocycles. The van der Waals surface area contributed by atoms with Gasteiger partial charge in [0.1, 0.15) is 11.6 Å². The number of hydrogen-bond donors (Lipinski definition) is 1. The van der Waals surface area contributed by atoms with E-state index in [1.807, 2.05) is 25.4 Å². The van der Waals surface area contributed by atoms with E-state index in [0.29, 0.717) is 0 Å². The van der Waals surface area contributed by atoms with Crippen molar-refractivity contribution in [1.29, 1.82) is 0 Å². The van der Waals surface area contributed by atoms with Crippen molar-refractivity contribution in [3.8, 4) is 5.82 Å². The molecule has 0 aliphatic rings. The maximum absolute atomic E-state index is 4.54. The van der Waals surface area contributed by atoms with Gasteiger partial charge in [-0.1, -0.05) is 20.8 Å². The molecule has 0 spiro atoms. The molecule has 0 bridgehead atoms. The summed E-state index contributed by atoms with van der Waals surface area (Å²) in [5, 5.41) is 7.23. The first-order valence-electron chi connectivity index (χ1n) is 5.58. The lowest BCUT2D eigenvalue weighted by atomic mass is 9.96. The molecule has 2 aromatic rings. The molecule has 0 saturated carbocycles. The highest BCUT2D eigenvalue weighted by molar-refractivity contribution is 5.41. The fourth-order valence-corrected chi connectivity index (χ4v) is 1.42. The van der Waals surface area contributed by atoms with Crippen LogP contribution in [0.5, 0.6) is 0 Å². The van der Waals surface area contributed by atoms with Crippen molar-refractivity contribution in [3.63, 3.8) is 0 Å². The molecule has 2 heterocycles. The third-order valence-corrected chi connectivity index (χ3v) is 2.38. The topological polar surface area (TPSA) is 55.6 Å². The zero-order valence-corrected chi connectivity index (χ0v) is 10.6. The highest BCUT2D eigenvalue weighted by Gasteiger charge is 2.19. The van der Waals surface area contributed by atoms with Gasteiger partial charge in [-0.15, -0.1) is 0 Å². The Hall–Kier alpha value is -1.91. The van der Waals surface area contributed by atoms with Crippen LogP contribution in [0.2, 0.25) is 0 Å². The third-order valence-electron chi connectivity index (χ3n) is 2.38. The lowest BCUT2D eigenvalue weighted by Gasteiger charge is -2.18. The molecule has 0 amide bonds. The largest absolute Gasteiger partial charge is 0.373 e. The number of hydrogen-bond acceptors (Lipinski definition) is 4. The Morgan fingerprint density at radius 1 is 1.24 bits per heavy atom. The Kier molecular flexibility index (Phi) is 2.83. The first-order valence-corrected chi connectivity index (χ1v) is 5.58. The van der Waals surface area contributed by atoms with Gasteiger partial charge in [0.15, 0.2) is 5.82 Å². The minimum atomic E-state index is -0.0885. The molecule has 0 aliphatic carbocycles. The Balaban J connectivity index is 2.54. The SMILES string of the molecule is CNc1cc(-n2cccn2)nc(C(C)(C)C)n1. The Morgan fingerprint density at radius 3 is 2.53 bits per heavy atom. The van der Waals surface area contributed by atoms with Crippen molar-refractivity contribution in [2.75, 3.05) is 12.4 Å². The van der Waals surface area contributed by atoms with E-state index < -0.39 is 0 Å². The highest BCUT2D eigenvalue weighted by Crippen LogP contribution is 2.21. The maximum atomic E-state index is 4.54. The van der Waals surface area contributed by atoms with E-state index >= 15 is 0 Å². The summed E-state index contributed by atoms with van der Waals surface area (Å²) >= 11 is 0. The Morgan fingerprint density at radius 2 is 2.00 bits per heavy atom. The molecule has 0 radical (unpaired) electrons. The molecular weight excluding hydrogens is 214 g/mol. The van der Waals surface area contributed by atoms with Gasteiger partial charge in [0.25, 0.3) is 0 Å². The predicted octanol–water partition coefficient (Wildman–Crippen LogP) is 2.00. The summed E-state index contributed by atoms with van der Waals surface area (Å²) < 4.78 is 1.73. The lowest BCUT2D eigenvalue weighted by molar-refractivity contribution is 0.543.